The lowest BCUT2D eigenvalue weighted by Crippen LogP contribution is -2.44. The Morgan fingerprint density at radius 1 is 1.21 bits per heavy atom. The van der Waals surface area contributed by atoms with E-state index in [1.165, 1.54) is 12.8 Å². The quantitative estimate of drug-likeness (QED) is 0.538. The number of nitrogens with one attached hydrogen (secondary N) is 3. The molecule has 3 N–H and O–H groups in total. The lowest BCUT2D eigenvalue weighted by atomic mass is 10.1. The molecule has 0 radical (unpaired) electrons. The summed E-state index contributed by atoms with van der Waals surface area (Å²) < 4.78 is 0. The molecule has 1 fully saturated rings. The van der Waals surface area contributed by atoms with Crippen molar-refractivity contribution in [3.05, 3.63) is 36.2 Å². The molecule has 2 aromatic heterocycles. The number of likely N-dealkylation sites (N-methyl/N-ethyl adjacent to an activating group) is 1. The van der Waals surface area contributed by atoms with Gasteiger partial charge >= 0.3 is 0 Å². The van der Waals surface area contributed by atoms with Crippen LogP contribution in [0.4, 0.5) is 17.5 Å². The van der Waals surface area contributed by atoms with E-state index in [0.717, 1.165) is 54.0 Å². The zero-order valence-electron chi connectivity index (χ0n) is 16.8. The standard InChI is InChI=1S/C20H27N7.2ClH/c1-3-5-15-11-19(27-9-4-6-17(13-27)21-2)25-20(23-15)24-16-8-7-14-12-22-26-18(14)10-16;;/h7-8,10-12,17,21H,3-6,9,13H2,1-2H3,(H,22,26)(H,23,24,25);2*1H. The number of rotatable bonds is 6. The van der Waals surface area contributed by atoms with Crippen LogP contribution in [0.15, 0.2) is 30.5 Å². The molecule has 3 heterocycles. The fraction of sp³-hybridized carbons (Fsp3) is 0.450. The molecule has 0 spiro atoms. The van der Waals surface area contributed by atoms with Crippen molar-refractivity contribution in [2.75, 3.05) is 30.4 Å². The van der Waals surface area contributed by atoms with Crippen LogP contribution in [-0.2, 0) is 6.42 Å². The zero-order chi connectivity index (χ0) is 18.6. The summed E-state index contributed by atoms with van der Waals surface area (Å²) in [5, 5.41) is 15.0. The van der Waals surface area contributed by atoms with Crippen LogP contribution in [-0.4, -0.2) is 46.3 Å². The second kappa shape index (κ2) is 10.6. The highest BCUT2D eigenvalue weighted by Gasteiger charge is 2.20. The topological polar surface area (TPSA) is 81.8 Å². The number of piperidine rings is 1. The number of halogens is 2. The first-order valence-electron chi connectivity index (χ1n) is 9.75. The van der Waals surface area contributed by atoms with E-state index in [2.05, 4.69) is 38.7 Å². The van der Waals surface area contributed by atoms with Crippen molar-refractivity contribution in [2.45, 2.75) is 38.6 Å². The van der Waals surface area contributed by atoms with E-state index < -0.39 is 0 Å². The van der Waals surface area contributed by atoms with Gasteiger partial charge in [-0.05, 0) is 44.5 Å². The molecule has 0 bridgehead atoms. The molecule has 29 heavy (non-hydrogen) atoms. The third-order valence-corrected chi connectivity index (χ3v) is 5.12. The maximum Gasteiger partial charge on any atom is 0.229 e. The highest BCUT2D eigenvalue weighted by molar-refractivity contribution is 5.85. The lowest BCUT2D eigenvalue weighted by molar-refractivity contribution is 0.447. The summed E-state index contributed by atoms with van der Waals surface area (Å²) in [5.41, 5.74) is 3.04. The van der Waals surface area contributed by atoms with Gasteiger partial charge in [-0.15, -0.1) is 24.8 Å². The third kappa shape index (κ3) is 5.50. The van der Waals surface area contributed by atoms with E-state index in [0.29, 0.717) is 12.0 Å². The first-order valence-corrected chi connectivity index (χ1v) is 9.75. The van der Waals surface area contributed by atoms with Gasteiger partial charge in [0.15, 0.2) is 0 Å². The van der Waals surface area contributed by atoms with Crippen molar-refractivity contribution in [3.63, 3.8) is 0 Å². The fourth-order valence-corrected chi connectivity index (χ4v) is 3.65. The van der Waals surface area contributed by atoms with Gasteiger partial charge in [-0.3, -0.25) is 5.10 Å². The van der Waals surface area contributed by atoms with Crippen molar-refractivity contribution in [1.82, 2.24) is 25.5 Å². The number of fused-ring (bicyclic) bond motifs is 1. The van der Waals surface area contributed by atoms with Gasteiger partial charge in [-0.1, -0.05) is 13.3 Å². The Morgan fingerprint density at radius 2 is 2.07 bits per heavy atom. The van der Waals surface area contributed by atoms with Gasteiger partial charge in [0, 0.05) is 42.0 Å². The van der Waals surface area contributed by atoms with E-state index in [1.54, 1.807) is 0 Å². The molecule has 158 valence electrons. The Morgan fingerprint density at radius 3 is 2.86 bits per heavy atom. The highest BCUT2D eigenvalue weighted by atomic mass is 35.5. The SMILES string of the molecule is CCCc1cc(N2CCCC(NC)C2)nc(Nc2ccc3cn[nH]c3c2)n1.Cl.Cl. The van der Waals surface area contributed by atoms with Crippen LogP contribution in [0.3, 0.4) is 0 Å². The average Bonchev–Trinajstić information content (AvgIpc) is 3.16. The minimum absolute atomic E-state index is 0. The maximum atomic E-state index is 4.82. The van der Waals surface area contributed by atoms with Gasteiger partial charge in [0.1, 0.15) is 5.82 Å². The Balaban J connectivity index is 0.00000150. The minimum atomic E-state index is 0. The van der Waals surface area contributed by atoms with Gasteiger partial charge in [0.2, 0.25) is 5.95 Å². The van der Waals surface area contributed by atoms with Crippen LogP contribution in [0.25, 0.3) is 10.9 Å². The molecule has 0 amide bonds. The monoisotopic (exact) mass is 437 g/mol. The number of hydrogen-bond acceptors (Lipinski definition) is 6. The van der Waals surface area contributed by atoms with Gasteiger partial charge in [-0.2, -0.15) is 10.1 Å². The van der Waals surface area contributed by atoms with Crippen molar-refractivity contribution < 1.29 is 0 Å². The average molecular weight is 438 g/mol. The number of aryl methyl sites for hydroxylation is 1. The Hall–Kier alpha value is -2.09. The molecule has 1 aromatic carbocycles. The molecule has 3 aromatic rings. The zero-order valence-corrected chi connectivity index (χ0v) is 18.4. The summed E-state index contributed by atoms with van der Waals surface area (Å²) in [7, 11) is 2.04. The van der Waals surface area contributed by atoms with E-state index in [1.807, 2.05) is 31.4 Å². The van der Waals surface area contributed by atoms with Crippen molar-refractivity contribution >= 4 is 53.2 Å². The van der Waals surface area contributed by atoms with Crippen LogP contribution >= 0.6 is 24.8 Å². The number of H-pyrrole nitrogens is 1. The molecule has 0 aliphatic carbocycles. The summed E-state index contributed by atoms with van der Waals surface area (Å²) in [6.07, 6.45) is 6.24. The highest BCUT2D eigenvalue weighted by Crippen LogP contribution is 2.24. The molecule has 7 nitrogen and oxygen atoms in total. The number of anilines is 3. The van der Waals surface area contributed by atoms with E-state index >= 15 is 0 Å². The molecular weight excluding hydrogens is 409 g/mol. The normalized spacial score (nSPS) is 16.2. The second-order valence-corrected chi connectivity index (χ2v) is 7.16. The molecule has 4 rings (SSSR count). The van der Waals surface area contributed by atoms with Gasteiger partial charge in [-0.25, -0.2) is 4.98 Å². The molecule has 1 atom stereocenters. The molecule has 9 heteroatoms. The largest absolute Gasteiger partial charge is 0.355 e. The summed E-state index contributed by atoms with van der Waals surface area (Å²) in [5.74, 6) is 1.67. The molecule has 0 saturated carbocycles. The second-order valence-electron chi connectivity index (χ2n) is 7.16. The number of nitrogens with zero attached hydrogens (tertiary/aromatic N) is 4. The predicted molar refractivity (Wildman–Crippen MR) is 124 cm³/mol. The molecule has 1 aliphatic rings. The number of aromatic amines is 1. The summed E-state index contributed by atoms with van der Waals surface area (Å²) in [4.78, 5) is 11.9. The Bertz CT molecular complexity index is 915. The first-order chi connectivity index (χ1) is 13.2. The van der Waals surface area contributed by atoms with E-state index in [4.69, 9.17) is 9.97 Å². The molecular formula is C20H29Cl2N7. The lowest BCUT2D eigenvalue weighted by Gasteiger charge is -2.33. The molecule has 1 aliphatic heterocycles. The van der Waals surface area contributed by atoms with E-state index in [9.17, 15) is 0 Å². The smallest absolute Gasteiger partial charge is 0.229 e. The van der Waals surface area contributed by atoms with Crippen LogP contribution in [0.1, 0.15) is 31.9 Å². The van der Waals surface area contributed by atoms with Crippen molar-refractivity contribution in [2.24, 2.45) is 0 Å². The number of hydrogen-bond donors (Lipinski definition) is 3. The third-order valence-electron chi connectivity index (χ3n) is 5.12. The van der Waals surface area contributed by atoms with Gasteiger partial charge in [0.25, 0.3) is 0 Å². The van der Waals surface area contributed by atoms with Gasteiger partial charge < -0.3 is 15.5 Å². The summed E-state index contributed by atoms with van der Waals surface area (Å²) >= 11 is 0. The van der Waals surface area contributed by atoms with Crippen LogP contribution < -0.4 is 15.5 Å². The van der Waals surface area contributed by atoms with Crippen molar-refractivity contribution in [3.8, 4) is 0 Å². The predicted octanol–water partition coefficient (Wildman–Crippen LogP) is 4.08. The number of benzene rings is 1. The molecule has 1 unspecified atom stereocenters. The summed E-state index contributed by atoms with van der Waals surface area (Å²) in [6, 6.07) is 8.77. The van der Waals surface area contributed by atoms with Crippen molar-refractivity contribution in [1.29, 1.82) is 0 Å². The van der Waals surface area contributed by atoms with Gasteiger partial charge in [0.05, 0.1) is 11.7 Å². The number of aromatic nitrogens is 4. The molecule has 1 saturated heterocycles. The summed E-state index contributed by atoms with van der Waals surface area (Å²) in [6.45, 7) is 4.21. The Kier molecular flexibility index (Phi) is 8.49. The fourth-order valence-electron chi connectivity index (χ4n) is 3.65. The minimum Gasteiger partial charge on any atom is -0.355 e. The van der Waals surface area contributed by atoms with E-state index in [-0.39, 0.29) is 24.8 Å². The first kappa shape index (κ1) is 23.2. The maximum absolute atomic E-state index is 4.82. The van der Waals surface area contributed by atoms with Crippen LogP contribution in [0.2, 0.25) is 0 Å². The van der Waals surface area contributed by atoms with Crippen LogP contribution in [0.5, 0.6) is 0 Å². The van der Waals surface area contributed by atoms with Crippen LogP contribution in [0, 0.1) is 0 Å². The Labute approximate surface area is 183 Å².